The smallest absolute Gasteiger partial charge is 0.341 e. The maximum Gasteiger partial charge on any atom is 0.341 e. The summed E-state index contributed by atoms with van der Waals surface area (Å²) < 4.78 is 227. The molecule has 26 heteroatoms. The summed E-state index contributed by atoms with van der Waals surface area (Å²) >= 11 is 0. The van der Waals surface area contributed by atoms with Crippen molar-refractivity contribution in [2.75, 3.05) is 12.5 Å². The zero-order chi connectivity index (χ0) is 59.4. The molecule has 6 atom stereocenters. The molecule has 0 amide bonds. The fraction of sp³-hybridized carbons (Fsp3) is 0.278. The zero-order valence-electron chi connectivity index (χ0n) is 42.0. The normalized spacial score (nSPS) is 20.6. The van der Waals surface area contributed by atoms with Gasteiger partial charge in [-0.15, -0.1) is 0 Å². The van der Waals surface area contributed by atoms with Gasteiger partial charge in [0.25, 0.3) is 5.92 Å². The first-order chi connectivity index (χ1) is 37.1. The maximum atomic E-state index is 14.7. The molecule has 0 spiro atoms. The van der Waals surface area contributed by atoms with Gasteiger partial charge in [-0.25, -0.2) is 65.2 Å². The number of aliphatic hydroxyl groups excluding tert-OH is 1. The summed E-state index contributed by atoms with van der Waals surface area (Å²) in [6.45, 7) is 10.6. The first-order valence-corrected chi connectivity index (χ1v) is 28.5. The lowest BCUT2D eigenvalue weighted by Crippen LogP contribution is -2.24. The van der Waals surface area contributed by atoms with Gasteiger partial charge in [-0.05, 0) is 90.8 Å². The number of benzene rings is 6. The second kappa shape index (κ2) is 22.1. The van der Waals surface area contributed by atoms with E-state index in [2.05, 4.69) is 4.85 Å². The molecule has 0 aliphatic heterocycles. The van der Waals surface area contributed by atoms with Crippen LogP contribution < -0.4 is 14.2 Å². The van der Waals surface area contributed by atoms with E-state index >= 15 is 0 Å². The summed E-state index contributed by atoms with van der Waals surface area (Å²) in [5.74, 6) is -11.8. The van der Waals surface area contributed by atoms with E-state index in [1.54, 1.807) is 12.1 Å². The number of alkyl halides is 7. The van der Waals surface area contributed by atoms with Crippen LogP contribution in [-0.4, -0.2) is 66.4 Å². The highest BCUT2D eigenvalue weighted by Gasteiger charge is 2.50. The van der Waals surface area contributed by atoms with Crippen molar-refractivity contribution >= 4 is 35.2 Å². The van der Waals surface area contributed by atoms with Crippen LogP contribution >= 0.6 is 0 Å². The Labute approximate surface area is 451 Å². The molecule has 0 fully saturated rings. The number of halogens is 10. The molecule has 6 aromatic rings. The Morgan fingerprint density at radius 3 is 1.55 bits per heavy atom. The molecule has 1 unspecified atom stereocenters. The molecule has 0 bridgehead atoms. The predicted molar refractivity (Wildman–Crippen MR) is 266 cm³/mol. The monoisotopic (exact) mass is 1180 g/mol. The fourth-order valence-corrected chi connectivity index (χ4v) is 12.4. The van der Waals surface area contributed by atoms with Crippen molar-refractivity contribution in [1.82, 2.24) is 0 Å². The number of nitriles is 2. The van der Waals surface area contributed by atoms with E-state index in [1.165, 1.54) is 56.3 Å². The minimum atomic E-state index is -5.11. The average molecular weight is 1180 g/mol. The van der Waals surface area contributed by atoms with Crippen molar-refractivity contribution < 1.29 is 88.5 Å². The lowest BCUT2D eigenvalue weighted by molar-refractivity contribution is -0.0104. The molecule has 0 saturated heterocycles. The molecule has 3 aliphatic rings. The number of ether oxygens (including phenoxy) is 3. The summed E-state index contributed by atoms with van der Waals surface area (Å²) in [6.07, 6.45) is -5.23. The first kappa shape index (κ1) is 60.0. The van der Waals surface area contributed by atoms with Crippen LogP contribution in [0.25, 0.3) is 4.85 Å². The van der Waals surface area contributed by atoms with Gasteiger partial charge in [0, 0.05) is 77.6 Å². The van der Waals surface area contributed by atoms with Crippen LogP contribution in [0.3, 0.4) is 0 Å². The van der Waals surface area contributed by atoms with Gasteiger partial charge in [-0.3, -0.25) is 0 Å². The van der Waals surface area contributed by atoms with E-state index in [-0.39, 0.29) is 88.9 Å². The Hall–Kier alpha value is -7.70. The van der Waals surface area contributed by atoms with Crippen LogP contribution in [0.5, 0.6) is 34.5 Å². The van der Waals surface area contributed by atoms with Crippen LogP contribution in [0.2, 0.25) is 0 Å². The minimum Gasteiger partial charge on any atom is -0.458 e. The molecule has 0 heterocycles. The van der Waals surface area contributed by atoms with Gasteiger partial charge in [0.2, 0.25) is 9.84 Å². The predicted octanol–water partition coefficient (Wildman–Crippen LogP) is 13.0. The van der Waals surface area contributed by atoms with Crippen LogP contribution in [0.1, 0.15) is 89.4 Å². The number of sulfone groups is 3. The molecule has 1 N–H and O–H groups in total. The summed E-state index contributed by atoms with van der Waals surface area (Å²) in [5.41, 5.74) is -3.08. The molecule has 420 valence electrons. The van der Waals surface area contributed by atoms with Crippen molar-refractivity contribution in [1.29, 1.82) is 10.5 Å². The highest BCUT2D eigenvalue weighted by Crippen LogP contribution is 2.54. The van der Waals surface area contributed by atoms with Gasteiger partial charge in [-0.2, -0.15) is 19.3 Å². The third-order valence-electron chi connectivity index (χ3n) is 13.1. The first-order valence-electron chi connectivity index (χ1n) is 23.2. The quantitative estimate of drug-likeness (QED) is 0.101. The van der Waals surface area contributed by atoms with Crippen molar-refractivity contribution in [3.8, 4) is 46.6 Å². The van der Waals surface area contributed by atoms with Gasteiger partial charge in [0.05, 0.1) is 44.5 Å². The lowest BCUT2D eigenvalue weighted by Gasteiger charge is -2.19. The Morgan fingerprint density at radius 1 is 0.637 bits per heavy atom. The van der Waals surface area contributed by atoms with Crippen LogP contribution in [0.4, 0.5) is 49.6 Å². The van der Waals surface area contributed by atoms with Crippen molar-refractivity contribution in [2.24, 2.45) is 0 Å². The standard InChI is InChI=1S/C18H13F4NO4S.2C18H14F3NO3S/c1-18(22)7-12-13(27-11-5-9(8-23)4-10(19)6-11)2-3-14(15(12)16(18)24)28(25,26)17(20)21;1-10-17-14(9-18(10,20)21)15(4-5-16(17)26(3,23)24)25-13-7-11(19)6-12(8-13)22-2;1-9-15-14(26(2,23)24)4-3-13(16(15)18(21)17(9)20)25-12-6-10(8-22)5-11(19)7-12/h2-6,16-17,24H,7H2,1H3;4-8,10H,9H2,1,3H3;3-7,9,17-18H,1-2H3/t16-,18?;10-;9-,17-,18+/m000/s1. The third-order valence-corrected chi connectivity index (χ3v) is 16.8. The van der Waals surface area contributed by atoms with E-state index in [4.69, 9.17) is 31.3 Å². The van der Waals surface area contributed by atoms with Gasteiger partial charge in [0.1, 0.15) is 69.9 Å². The summed E-state index contributed by atoms with van der Waals surface area (Å²) in [6, 6.07) is 19.9. The molecule has 0 saturated carbocycles. The van der Waals surface area contributed by atoms with E-state index in [0.717, 1.165) is 68.0 Å². The molecular weight excluding hydrogens is 1140 g/mol. The Morgan fingerprint density at radius 2 is 1.07 bits per heavy atom. The van der Waals surface area contributed by atoms with Gasteiger partial charge in [-0.1, -0.05) is 13.8 Å². The Balaban J connectivity index is 0.000000174. The number of rotatable bonds is 10. The number of aliphatic hydroxyl groups is 1. The zero-order valence-corrected chi connectivity index (χ0v) is 44.5. The Kier molecular flexibility index (Phi) is 16.6. The van der Waals surface area contributed by atoms with Crippen LogP contribution in [0, 0.1) is 46.7 Å². The number of nitrogens with zero attached hydrogens (tertiary/aromatic N) is 3. The summed E-state index contributed by atoms with van der Waals surface area (Å²) in [5, 5.41) is 28.0. The van der Waals surface area contributed by atoms with E-state index in [9.17, 15) is 74.3 Å². The SMILES string of the molecule is CC1(F)Cc2c(Oc3cc(F)cc(C#N)c3)ccc(S(=O)(=O)C(F)F)c2[C@@H]1O.C[C@H]1c2c(S(C)(=O)=O)ccc(Oc3cc(F)cc(C#N)c3)c2[C@@H](F)[C@H]1F.[C-]#[N+]c1cc(F)cc(Oc2ccc(S(C)(=O)=O)c3c2CC(F)(F)[C@H]3C)c1. The highest BCUT2D eigenvalue weighted by atomic mass is 32.2. The molecule has 3 aliphatic carbocycles. The molecule has 6 aromatic carbocycles. The molecule has 80 heavy (non-hydrogen) atoms. The second-order valence-corrected chi connectivity index (χ2v) is 24.8. The summed E-state index contributed by atoms with van der Waals surface area (Å²) in [4.78, 5) is 1.90. The van der Waals surface area contributed by atoms with Crippen LogP contribution in [-0.2, 0) is 42.4 Å². The van der Waals surface area contributed by atoms with Gasteiger partial charge in [0.15, 0.2) is 31.5 Å². The number of hydrogen-bond acceptors (Lipinski definition) is 12. The topological polar surface area (TPSA) is 202 Å². The van der Waals surface area contributed by atoms with Crippen LogP contribution in [0.15, 0.2) is 106 Å². The molecule has 0 aromatic heterocycles. The lowest BCUT2D eigenvalue weighted by atomic mass is 10.0. The van der Waals surface area contributed by atoms with E-state index in [1.807, 2.05) is 0 Å². The second-order valence-electron chi connectivity index (χ2n) is 18.9. The van der Waals surface area contributed by atoms with E-state index < -0.39 is 118 Å². The van der Waals surface area contributed by atoms with Crippen molar-refractivity contribution in [3.05, 3.63) is 164 Å². The fourth-order valence-electron chi connectivity index (χ4n) is 9.35. The molecule has 0 radical (unpaired) electrons. The number of hydrogen-bond donors (Lipinski definition) is 1. The minimum absolute atomic E-state index is 0.00191. The molecular formula is C54H41F10N3O10S3. The number of fused-ring (bicyclic) bond motifs is 3. The van der Waals surface area contributed by atoms with Crippen molar-refractivity contribution in [2.45, 2.75) is 95.9 Å². The van der Waals surface area contributed by atoms with Gasteiger partial charge >= 0.3 is 5.76 Å². The Bertz CT molecular complexity index is 3980. The highest BCUT2D eigenvalue weighted by molar-refractivity contribution is 7.92. The van der Waals surface area contributed by atoms with Gasteiger partial charge < -0.3 is 19.3 Å². The average Bonchev–Trinajstić information content (AvgIpc) is 3.87. The largest absolute Gasteiger partial charge is 0.458 e. The van der Waals surface area contributed by atoms with E-state index in [0.29, 0.717) is 0 Å². The maximum absolute atomic E-state index is 14.7. The third kappa shape index (κ3) is 12.1. The molecule has 13 nitrogen and oxygen atoms in total. The summed E-state index contributed by atoms with van der Waals surface area (Å²) in [7, 11) is -12.5. The molecule has 9 rings (SSSR count). The van der Waals surface area contributed by atoms with Crippen molar-refractivity contribution in [3.63, 3.8) is 0 Å².